The molecule has 106 valence electrons. The highest BCUT2D eigenvalue weighted by Crippen LogP contribution is 2.31. The number of hydrogen-bond donors (Lipinski definition) is 1. The first-order valence-electron chi connectivity index (χ1n) is 6.29. The number of thiophene rings is 1. The largest absolute Gasteiger partial charge is 0.478 e. The Kier molecular flexibility index (Phi) is 3.31. The van der Waals surface area contributed by atoms with Crippen molar-refractivity contribution in [3.63, 3.8) is 0 Å². The molecule has 0 spiro atoms. The summed E-state index contributed by atoms with van der Waals surface area (Å²) in [4.78, 5) is 16.7. The van der Waals surface area contributed by atoms with Gasteiger partial charge in [0.1, 0.15) is 0 Å². The first-order chi connectivity index (χ1) is 10.1. The van der Waals surface area contributed by atoms with Crippen LogP contribution in [0.1, 0.15) is 21.5 Å². The molecule has 0 bridgehead atoms. The molecule has 0 atom stereocenters. The molecule has 0 aliphatic carbocycles. The molecule has 0 saturated carbocycles. The van der Waals surface area contributed by atoms with Crippen LogP contribution in [0.25, 0.3) is 22.2 Å². The van der Waals surface area contributed by atoms with Crippen molar-refractivity contribution in [1.82, 2.24) is 10.1 Å². The van der Waals surface area contributed by atoms with Crippen molar-refractivity contribution in [2.75, 3.05) is 0 Å². The molecule has 0 aliphatic heterocycles. The van der Waals surface area contributed by atoms with Gasteiger partial charge >= 0.3 is 5.97 Å². The molecule has 5 nitrogen and oxygen atoms in total. The van der Waals surface area contributed by atoms with Crippen molar-refractivity contribution in [3.8, 4) is 22.2 Å². The fourth-order valence-corrected chi connectivity index (χ4v) is 2.84. The van der Waals surface area contributed by atoms with Gasteiger partial charge in [0.15, 0.2) is 0 Å². The SMILES string of the molecule is Cc1ccc(C)c(-c2nc(-c3cccs3)no2)c1C(=O)O. The van der Waals surface area contributed by atoms with Crippen molar-refractivity contribution in [3.05, 3.63) is 46.3 Å². The second kappa shape index (κ2) is 5.14. The minimum absolute atomic E-state index is 0.205. The Morgan fingerprint density at radius 2 is 2.00 bits per heavy atom. The van der Waals surface area contributed by atoms with Gasteiger partial charge in [-0.2, -0.15) is 4.98 Å². The van der Waals surface area contributed by atoms with E-state index < -0.39 is 5.97 Å². The second-order valence-corrected chi connectivity index (χ2v) is 5.60. The number of carbonyl (C=O) groups is 1. The minimum Gasteiger partial charge on any atom is -0.478 e. The van der Waals surface area contributed by atoms with E-state index in [0.29, 0.717) is 17.0 Å². The van der Waals surface area contributed by atoms with Gasteiger partial charge in [0.05, 0.1) is 16.0 Å². The maximum absolute atomic E-state index is 11.5. The quantitative estimate of drug-likeness (QED) is 0.796. The standard InChI is InChI=1S/C15H12N2O3S/c1-8-5-6-9(2)12(15(18)19)11(8)14-16-13(17-20-14)10-4-3-7-21-10/h3-7H,1-2H3,(H,18,19). The van der Waals surface area contributed by atoms with Gasteiger partial charge in [0.2, 0.25) is 5.82 Å². The van der Waals surface area contributed by atoms with Crippen molar-refractivity contribution >= 4 is 17.3 Å². The van der Waals surface area contributed by atoms with Crippen LogP contribution in [-0.4, -0.2) is 21.2 Å². The first kappa shape index (κ1) is 13.5. The van der Waals surface area contributed by atoms with Crippen molar-refractivity contribution < 1.29 is 14.4 Å². The zero-order chi connectivity index (χ0) is 15.0. The molecule has 3 aromatic rings. The molecule has 1 N–H and O–H groups in total. The van der Waals surface area contributed by atoms with Gasteiger partial charge < -0.3 is 9.63 Å². The molecule has 0 unspecified atom stereocenters. The molecular weight excluding hydrogens is 288 g/mol. The lowest BCUT2D eigenvalue weighted by Crippen LogP contribution is -2.04. The maximum Gasteiger partial charge on any atom is 0.336 e. The Labute approximate surface area is 124 Å². The van der Waals surface area contributed by atoms with Crippen LogP contribution in [0, 0.1) is 13.8 Å². The summed E-state index contributed by atoms with van der Waals surface area (Å²) in [6, 6.07) is 7.42. The van der Waals surface area contributed by atoms with Gasteiger partial charge in [0.25, 0.3) is 5.89 Å². The molecular formula is C15H12N2O3S. The van der Waals surface area contributed by atoms with E-state index in [-0.39, 0.29) is 11.5 Å². The number of rotatable bonds is 3. The number of carboxylic acids is 1. The summed E-state index contributed by atoms with van der Waals surface area (Å²) < 4.78 is 5.28. The monoisotopic (exact) mass is 300 g/mol. The molecule has 3 rings (SSSR count). The van der Waals surface area contributed by atoms with Crippen LogP contribution in [0.4, 0.5) is 0 Å². The number of aromatic nitrogens is 2. The van der Waals surface area contributed by atoms with E-state index >= 15 is 0 Å². The zero-order valence-corrected chi connectivity index (χ0v) is 12.3. The summed E-state index contributed by atoms with van der Waals surface area (Å²) in [5.74, 6) is -0.295. The summed E-state index contributed by atoms with van der Waals surface area (Å²) in [7, 11) is 0. The van der Waals surface area contributed by atoms with E-state index in [1.165, 1.54) is 11.3 Å². The Bertz CT molecular complexity index is 806. The molecule has 21 heavy (non-hydrogen) atoms. The first-order valence-corrected chi connectivity index (χ1v) is 7.17. The highest BCUT2D eigenvalue weighted by Gasteiger charge is 2.22. The van der Waals surface area contributed by atoms with Crippen LogP contribution in [0.2, 0.25) is 0 Å². The highest BCUT2D eigenvalue weighted by molar-refractivity contribution is 7.13. The van der Waals surface area contributed by atoms with Crippen LogP contribution >= 0.6 is 11.3 Å². The Balaban J connectivity index is 2.17. The van der Waals surface area contributed by atoms with Gasteiger partial charge in [-0.15, -0.1) is 11.3 Å². The van der Waals surface area contributed by atoms with Crippen molar-refractivity contribution in [2.45, 2.75) is 13.8 Å². The molecule has 0 amide bonds. The number of aromatic carboxylic acids is 1. The lowest BCUT2D eigenvalue weighted by molar-refractivity contribution is 0.0696. The molecule has 6 heteroatoms. The second-order valence-electron chi connectivity index (χ2n) is 4.65. The molecule has 2 heterocycles. The average molecular weight is 300 g/mol. The van der Waals surface area contributed by atoms with E-state index in [4.69, 9.17) is 4.52 Å². The van der Waals surface area contributed by atoms with Gasteiger partial charge in [0, 0.05) is 0 Å². The van der Waals surface area contributed by atoms with Gasteiger partial charge in [-0.3, -0.25) is 0 Å². The molecule has 0 radical (unpaired) electrons. The lowest BCUT2D eigenvalue weighted by Gasteiger charge is -2.08. The van der Waals surface area contributed by atoms with Crippen LogP contribution in [0.5, 0.6) is 0 Å². The predicted octanol–water partition coefficient (Wildman–Crippen LogP) is 3.78. The summed E-state index contributed by atoms with van der Waals surface area (Å²) in [6.45, 7) is 3.58. The summed E-state index contributed by atoms with van der Waals surface area (Å²) in [6.07, 6.45) is 0. The predicted molar refractivity (Wildman–Crippen MR) is 79.5 cm³/mol. The maximum atomic E-state index is 11.5. The molecule has 0 saturated heterocycles. The third kappa shape index (κ3) is 2.34. The smallest absolute Gasteiger partial charge is 0.336 e. The van der Waals surface area contributed by atoms with Crippen LogP contribution in [-0.2, 0) is 0 Å². The van der Waals surface area contributed by atoms with E-state index in [1.807, 2.05) is 30.5 Å². The van der Waals surface area contributed by atoms with Crippen LogP contribution in [0.3, 0.4) is 0 Å². The fourth-order valence-electron chi connectivity index (χ4n) is 2.19. The van der Waals surface area contributed by atoms with E-state index in [0.717, 1.165) is 10.4 Å². The summed E-state index contributed by atoms with van der Waals surface area (Å²) in [5, 5.41) is 15.3. The number of carboxylic acid groups (broad SMARTS) is 1. The lowest BCUT2D eigenvalue weighted by atomic mass is 9.97. The summed E-state index contributed by atoms with van der Waals surface area (Å²) >= 11 is 1.50. The molecule has 0 aliphatic rings. The van der Waals surface area contributed by atoms with Gasteiger partial charge in [-0.05, 0) is 36.4 Å². The topological polar surface area (TPSA) is 76.2 Å². The third-order valence-electron chi connectivity index (χ3n) is 3.22. The fraction of sp³-hybridized carbons (Fsp3) is 0.133. The Morgan fingerprint density at radius 3 is 2.67 bits per heavy atom. The van der Waals surface area contributed by atoms with Crippen LogP contribution in [0.15, 0.2) is 34.2 Å². The molecule has 2 aromatic heterocycles. The average Bonchev–Trinajstić information content (AvgIpc) is 3.10. The van der Waals surface area contributed by atoms with Gasteiger partial charge in [-0.1, -0.05) is 23.4 Å². The zero-order valence-electron chi connectivity index (χ0n) is 11.5. The van der Waals surface area contributed by atoms with Crippen molar-refractivity contribution in [1.29, 1.82) is 0 Å². The third-order valence-corrected chi connectivity index (χ3v) is 4.08. The van der Waals surface area contributed by atoms with Crippen molar-refractivity contribution in [2.24, 2.45) is 0 Å². The number of aryl methyl sites for hydroxylation is 2. The summed E-state index contributed by atoms with van der Waals surface area (Å²) in [5.41, 5.74) is 2.15. The minimum atomic E-state index is -0.998. The normalized spacial score (nSPS) is 10.8. The molecule has 1 aromatic carbocycles. The Morgan fingerprint density at radius 1 is 1.24 bits per heavy atom. The number of benzene rings is 1. The number of hydrogen-bond acceptors (Lipinski definition) is 5. The highest BCUT2D eigenvalue weighted by atomic mass is 32.1. The molecule has 0 fully saturated rings. The van der Waals surface area contributed by atoms with Gasteiger partial charge in [-0.25, -0.2) is 4.79 Å². The van der Waals surface area contributed by atoms with E-state index in [9.17, 15) is 9.90 Å². The Hall–Kier alpha value is -2.47. The van der Waals surface area contributed by atoms with Crippen LogP contribution < -0.4 is 0 Å². The number of nitrogens with zero attached hydrogens (tertiary/aromatic N) is 2. The van der Waals surface area contributed by atoms with E-state index in [2.05, 4.69) is 10.1 Å². The van der Waals surface area contributed by atoms with E-state index in [1.54, 1.807) is 13.0 Å².